The molecular weight excluding hydrogens is 248 g/mol. The fourth-order valence-electron chi connectivity index (χ4n) is 1.28. The monoisotopic (exact) mass is 262 g/mol. The van der Waals surface area contributed by atoms with E-state index in [4.69, 9.17) is 11.6 Å². The van der Waals surface area contributed by atoms with E-state index in [1.807, 2.05) is 0 Å². The van der Waals surface area contributed by atoms with Crippen LogP contribution in [0.15, 0.2) is 18.2 Å². The summed E-state index contributed by atoms with van der Waals surface area (Å²) >= 11 is 5.72. The van der Waals surface area contributed by atoms with Gasteiger partial charge in [-0.05, 0) is 19.1 Å². The van der Waals surface area contributed by atoms with E-state index in [1.54, 1.807) is 32.0 Å². The number of nitrogens with one attached hydrogen (secondary N) is 1. The van der Waals surface area contributed by atoms with E-state index < -0.39 is 9.84 Å². The number of sulfone groups is 1. The standard InChI is InChI=1S/C10H15ClN2O2S/c1-3-16(14,15)7-8(2)12-10-6-4-5-9(11)13-10/h4-6,8H,3,7H2,1-2H3,(H,12,13). The molecule has 0 fully saturated rings. The van der Waals surface area contributed by atoms with Gasteiger partial charge in [0.2, 0.25) is 0 Å². The summed E-state index contributed by atoms with van der Waals surface area (Å²) in [5.74, 6) is 0.839. The molecule has 1 N–H and O–H groups in total. The maximum absolute atomic E-state index is 11.4. The maximum Gasteiger partial charge on any atom is 0.152 e. The molecule has 4 nitrogen and oxygen atoms in total. The molecule has 1 atom stereocenters. The summed E-state index contributed by atoms with van der Waals surface area (Å²) in [5.41, 5.74) is 0. The Hall–Kier alpha value is -0.810. The molecule has 0 aromatic carbocycles. The minimum atomic E-state index is -2.97. The van der Waals surface area contributed by atoms with Crippen molar-refractivity contribution >= 4 is 27.3 Å². The van der Waals surface area contributed by atoms with Gasteiger partial charge >= 0.3 is 0 Å². The predicted octanol–water partition coefficient (Wildman–Crippen LogP) is 1.97. The predicted molar refractivity (Wildman–Crippen MR) is 66.7 cm³/mol. The average Bonchev–Trinajstić information content (AvgIpc) is 2.16. The lowest BCUT2D eigenvalue weighted by atomic mass is 10.4. The molecule has 1 heterocycles. The third-order valence-electron chi connectivity index (χ3n) is 2.05. The van der Waals surface area contributed by atoms with Gasteiger partial charge in [0.05, 0.1) is 5.75 Å². The number of halogens is 1. The smallest absolute Gasteiger partial charge is 0.152 e. The molecule has 1 aromatic heterocycles. The number of hydrogen-bond acceptors (Lipinski definition) is 4. The Morgan fingerprint density at radius 3 is 2.75 bits per heavy atom. The Morgan fingerprint density at radius 2 is 2.19 bits per heavy atom. The van der Waals surface area contributed by atoms with Crippen LogP contribution in [0.4, 0.5) is 5.82 Å². The molecule has 0 amide bonds. The van der Waals surface area contributed by atoms with Crippen molar-refractivity contribution < 1.29 is 8.42 Å². The molecule has 0 saturated carbocycles. The molecular formula is C10H15ClN2O2S. The zero-order valence-electron chi connectivity index (χ0n) is 9.27. The van der Waals surface area contributed by atoms with Gasteiger partial charge in [-0.25, -0.2) is 13.4 Å². The number of pyridine rings is 1. The summed E-state index contributed by atoms with van der Waals surface area (Å²) in [5, 5.41) is 3.38. The van der Waals surface area contributed by atoms with E-state index in [0.29, 0.717) is 11.0 Å². The van der Waals surface area contributed by atoms with E-state index >= 15 is 0 Å². The van der Waals surface area contributed by atoms with Crippen LogP contribution in [0, 0.1) is 0 Å². The summed E-state index contributed by atoms with van der Waals surface area (Å²) in [6, 6.07) is 5.00. The molecule has 0 aliphatic heterocycles. The largest absolute Gasteiger partial charge is 0.367 e. The third kappa shape index (κ3) is 4.37. The number of anilines is 1. The van der Waals surface area contributed by atoms with Crippen molar-refractivity contribution in [2.45, 2.75) is 19.9 Å². The van der Waals surface area contributed by atoms with Gasteiger partial charge in [0.15, 0.2) is 9.84 Å². The minimum Gasteiger partial charge on any atom is -0.367 e. The van der Waals surface area contributed by atoms with Gasteiger partial charge < -0.3 is 5.32 Å². The normalized spacial score (nSPS) is 13.4. The Labute approximate surface area is 101 Å². The van der Waals surface area contributed by atoms with Crippen molar-refractivity contribution in [3.05, 3.63) is 23.4 Å². The van der Waals surface area contributed by atoms with Gasteiger partial charge in [-0.15, -0.1) is 0 Å². The number of aromatic nitrogens is 1. The fourth-order valence-corrected chi connectivity index (χ4v) is 2.53. The quantitative estimate of drug-likeness (QED) is 0.825. The fraction of sp³-hybridized carbons (Fsp3) is 0.500. The first kappa shape index (κ1) is 13.3. The first-order valence-electron chi connectivity index (χ1n) is 5.02. The van der Waals surface area contributed by atoms with Gasteiger partial charge in [0.25, 0.3) is 0 Å². The van der Waals surface area contributed by atoms with Crippen LogP contribution in [-0.2, 0) is 9.84 Å². The van der Waals surface area contributed by atoms with E-state index in [0.717, 1.165) is 0 Å². The first-order chi connectivity index (χ1) is 7.43. The molecule has 0 spiro atoms. The Kier molecular flexibility index (Phi) is 4.56. The van der Waals surface area contributed by atoms with Crippen LogP contribution in [0.2, 0.25) is 5.15 Å². The first-order valence-corrected chi connectivity index (χ1v) is 7.22. The second-order valence-corrected chi connectivity index (χ2v) is 6.37. The van der Waals surface area contributed by atoms with Crippen molar-refractivity contribution in [3.8, 4) is 0 Å². The molecule has 0 aliphatic carbocycles. The van der Waals surface area contributed by atoms with Crippen LogP contribution in [0.5, 0.6) is 0 Å². The lowest BCUT2D eigenvalue weighted by Crippen LogP contribution is -2.27. The number of rotatable bonds is 5. The third-order valence-corrected chi connectivity index (χ3v) is 4.15. The molecule has 16 heavy (non-hydrogen) atoms. The van der Waals surface area contributed by atoms with Gasteiger partial charge in [0, 0.05) is 11.8 Å². The van der Waals surface area contributed by atoms with Gasteiger partial charge in [-0.2, -0.15) is 0 Å². The second kappa shape index (κ2) is 5.50. The van der Waals surface area contributed by atoms with Crippen molar-refractivity contribution in [3.63, 3.8) is 0 Å². The van der Waals surface area contributed by atoms with E-state index in [1.165, 1.54) is 0 Å². The summed E-state index contributed by atoms with van der Waals surface area (Å²) in [7, 11) is -2.97. The van der Waals surface area contributed by atoms with Crippen LogP contribution < -0.4 is 5.32 Å². The summed E-state index contributed by atoms with van der Waals surface area (Å²) < 4.78 is 22.8. The van der Waals surface area contributed by atoms with Gasteiger partial charge in [-0.3, -0.25) is 0 Å². The second-order valence-electron chi connectivity index (χ2n) is 3.59. The summed E-state index contributed by atoms with van der Waals surface area (Å²) in [6.07, 6.45) is 0. The van der Waals surface area contributed by atoms with E-state index in [9.17, 15) is 8.42 Å². The van der Waals surface area contributed by atoms with Crippen LogP contribution in [0.25, 0.3) is 0 Å². The van der Waals surface area contributed by atoms with Gasteiger partial charge in [0.1, 0.15) is 11.0 Å². The van der Waals surface area contributed by atoms with Crippen LogP contribution in [0.3, 0.4) is 0 Å². The highest BCUT2D eigenvalue weighted by Gasteiger charge is 2.13. The highest BCUT2D eigenvalue weighted by Crippen LogP contribution is 2.10. The van der Waals surface area contributed by atoms with E-state index in [2.05, 4.69) is 10.3 Å². The number of nitrogens with zero attached hydrogens (tertiary/aromatic N) is 1. The molecule has 1 unspecified atom stereocenters. The SMILES string of the molecule is CCS(=O)(=O)CC(C)Nc1cccc(Cl)n1. The zero-order chi connectivity index (χ0) is 12.2. The van der Waals surface area contributed by atoms with Crippen LogP contribution in [0.1, 0.15) is 13.8 Å². The van der Waals surface area contributed by atoms with Gasteiger partial charge in [-0.1, -0.05) is 24.6 Å². The minimum absolute atomic E-state index is 0.0949. The Bertz CT molecular complexity index is 448. The molecule has 0 saturated heterocycles. The van der Waals surface area contributed by atoms with Crippen molar-refractivity contribution in [1.29, 1.82) is 0 Å². The Balaban J connectivity index is 2.62. The molecule has 0 bridgehead atoms. The maximum atomic E-state index is 11.4. The summed E-state index contributed by atoms with van der Waals surface area (Å²) in [4.78, 5) is 4.03. The highest BCUT2D eigenvalue weighted by molar-refractivity contribution is 7.91. The van der Waals surface area contributed by atoms with Crippen molar-refractivity contribution in [2.75, 3.05) is 16.8 Å². The summed E-state index contributed by atoms with van der Waals surface area (Å²) in [6.45, 7) is 3.44. The molecule has 6 heteroatoms. The van der Waals surface area contributed by atoms with Crippen molar-refractivity contribution in [2.24, 2.45) is 0 Å². The number of hydrogen-bond donors (Lipinski definition) is 1. The molecule has 90 valence electrons. The molecule has 1 rings (SSSR count). The lowest BCUT2D eigenvalue weighted by Gasteiger charge is -2.14. The molecule has 0 radical (unpaired) electrons. The van der Waals surface area contributed by atoms with Crippen LogP contribution >= 0.6 is 11.6 Å². The topological polar surface area (TPSA) is 59.1 Å². The molecule has 1 aromatic rings. The highest BCUT2D eigenvalue weighted by atomic mass is 35.5. The average molecular weight is 263 g/mol. The Morgan fingerprint density at radius 1 is 1.50 bits per heavy atom. The van der Waals surface area contributed by atoms with E-state index in [-0.39, 0.29) is 17.5 Å². The van der Waals surface area contributed by atoms with Crippen LogP contribution in [-0.4, -0.2) is 30.9 Å². The van der Waals surface area contributed by atoms with Crippen molar-refractivity contribution in [1.82, 2.24) is 4.98 Å². The molecule has 0 aliphatic rings. The zero-order valence-corrected chi connectivity index (χ0v) is 10.8. The lowest BCUT2D eigenvalue weighted by molar-refractivity contribution is 0.593.